The van der Waals surface area contributed by atoms with E-state index in [1.165, 1.54) is 19.1 Å². The van der Waals surface area contributed by atoms with E-state index in [9.17, 15) is 26.7 Å². The van der Waals surface area contributed by atoms with Crippen molar-refractivity contribution in [3.8, 4) is 0 Å². The standard InChI is InChI=1S/C15H23NO6S2/c1-5-6-7-12(15(17)18)16-24(21,22)14-9-10(2)8-13(11(14)3)23(4,19)20/h8-9,12,16H,5-7H2,1-4H3,(H,17,18)/t12-/m0/s1. The van der Waals surface area contributed by atoms with Gasteiger partial charge < -0.3 is 5.11 Å². The average molecular weight is 377 g/mol. The van der Waals surface area contributed by atoms with Gasteiger partial charge in [0, 0.05) is 6.26 Å². The van der Waals surface area contributed by atoms with E-state index < -0.39 is 31.9 Å². The van der Waals surface area contributed by atoms with Crippen molar-refractivity contribution >= 4 is 25.8 Å². The Morgan fingerprint density at radius 2 is 1.71 bits per heavy atom. The number of nitrogens with one attached hydrogen (secondary N) is 1. The third-order valence-corrected chi connectivity index (χ3v) is 6.41. The quantitative estimate of drug-likeness (QED) is 0.711. The number of benzene rings is 1. The van der Waals surface area contributed by atoms with E-state index in [0.717, 1.165) is 12.7 Å². The first-order chi connectivity index (χ1) is 10.9. The Labute approximate surface area is 143 Å². The molecular weight excluding hydrogens is 354 g/mol. The minimum Gasteiger partial charge on any atom is -0.480 e. The second-order valence-electron chi connectivity index (χ2n) is 5.81. The van der Waals surface area contributed by atoms with Gasteiger partial charge in [0.15, 0.2) is 9.84 Å². The van der Waals surface area contributed by atoms with Crippen LogP contribution < -0.4 is 4.72 Å². The van der Waals surface area contributed by atoms with Crippen molar-refractivity contribution in [2.75, 3.05) is 6.26 Å². The van der Waals surface area contributed by atoms with Gasteiger partial charge in [0.2, 0.25) is 10.0 Å². The number of aryl methyl sites for hydroxylation is 1. The van der Waals surface area contributed by atoms with Gasteiger partial charge in [-0.25, -0.2) is 16.8 Å². The van der Waals surface area contributed by atoms with Crippen molar-refractivity contribution in [3.05, 3.63) is 23.3 Å². The Hall–Kier alpha value is -1.45. The number of aliphatic carboxylic acids is 1. The lowest BCUT2D eigenvalue weighted by Gasteiger charge is -2.17. The van der Waals surface area contributed by atoms with Crippen molar-refractivity contribution in [2.45, 2.75) is 55.9 Å². The second-order valence-corrected chi connectivity index (χ2v) is 9.48. The summed E-state index contributed by atoms with van der Waals surface area (Å²) in [6, 6.07) is 1.48. The predicted octanol–water partition coefficient (Wildman–Crippen LogP) is 1.63. The molecule has 1 aromatic rings. The summed E-state index contributed by atoms with van der Waals surface area (Å²) in [5.41, 5.74) is 0.539. The van der Waals surface area contributed by atoms with Crippen LogP contribution in [0.4, 0.5) is 0 Å². The molecule has 0 fully saturated rings. The zero-order valence-corrected chi connectivity index (χ0v) is 15.8. The summed E-state index contributed by atoms with van der Waals surface area (Å²) >= 11 is 0. The lowest BCUT2D eigenvalue weighted by molar-refractivity contribution is -0.139. The third kappa shape index (κ3) is 5.02. The smallest absolute Gasteiger partial charge is 0.321 e. The molecule has 0 saturated heterocycles. The first kappa shape index (κ1) is 20.6. The van der Waals surface area contributed by atoms with E-state index in [2.05, 4.69) is 4.72 Å². The Morgan fingerprint density at radius 3 is 2.17 bits per heavy atom. The molecule has 1 aromatic carbocycles. The van der Waals surface area contributed by atoms with Gasteiger partial charge in [0.1, 0.15) is 6.04 Å². The maximum atomic E-state index is 12.6. The minimum absolute atomic E-state index is 0.0789. The van der Waals surface area contributed by atoms with Gasteiger partial charge in [0.05, 0.1) is 9.79 Å². The number of sulfonamides is 1. The van der Waals surface area contributed by atoms with E-state index in [4.69, 9.17) is 0 Å². The van der Waals surface area contributed by atoms with Gasteiger partial charge in [0.25, 0.3) is 0 Å². The van der Waals surface area contributed by atoms with E-state index in [1.807, 2.05) is 6.92 Å². The zero-order chi connectivity index (χ0) is 18.7. The lowest BCUT2D eigenvalue weighted by Crippen LogP contribution is -2.41. The van der Waals surface area contributed by atoms with Gasteiger partial charge >= 0.3 is 5.97 Å². The van der Waals surface area contributed by atoms with Crippen LogP contribution in [0.15, 0.2) is 21.9 Å². The number of carbonyl (C=O) groups is 1. The summed E-state index contributed by atoms with van der Waals surface area (Å²) in [5.74, 6) is -1.26. The predicted molar refractivity (Wildman–Crippen MR) is 90.3 cm³/mol. The highest BCUT2D eigenvalue weighted by Gasteiger charge is 2.28. The van der Waals surface area contributed by atoms with Gasteiger partial charge in [-0.1, -0.05) is 19.8 Å². The highest BCUT2D eigenvalue weighted by atomic mass is 32.2. The molecule has 0 aliphatic heterocycles. The van der Waals surface area contributed by atoms with Crippen LogP contribution in [0, 0.1) is 13.8 Å². The number of hydrogen-bond donors (Lipinski definition) is 2. The molecule has 136 valence electrons. The molecule has 0 aliphatic carbocycles. The van der Waals surface area contributed by atoms with Gasteiger partial charge in [-0.2, -0.15) is 4.72 Å². The normalized spacial score (nSPS) is 13.7. The Balaban J connectivity index is 3.38. The van der Waals surface area contributed by atoms with Gasteiger partial charge in [-0.05, 0) is 43.5 Å². The molecule has 7 nitrogen and oxygen atoms in total. The molecule has 9 heteroatoms. The van der Waals surface area contributed by atoms with Crippen LogP contribution in [-0.2, 0) is 24.7 Å². The summed E-state index contributed by atoms with van der Waals surface area (Å²) < 4.78 is 51.0. The van der Waals surface area contributed by atoms with Crippen LogP contribution in [0.5, 0.6) is 0 Å². The molecule has 0 aliphatic rings. The number of unbranched alkanes of at least 4 members (excludes halogenated alkanes) is 1. The second kappa shape index (κ2) is 7.62. The largest absolute Gasteiger partial charge is 0.480 e. The Bertz CT molecular complexity index is 828. The molecule has 24 heavy (non-hydrogen) atoms. The fraction of sp³-hybridized carbons (Fsp3) is 0.533. The maximum Gasteiger partial charge on any atom is 0.321 e. The van der Waals surface area contributed by atoms with Gasteiger partial charge in [-0.3, -0.25) is 4.79 Å². The molecule has 0 bridgehead atoms. The SMILES string of the molecule is CCCC[C@H](NS(=O)(=O)c1cc(C)cc(S(C)(=O)=O)c1C)C(=O)O. The van der Waals surface area contributed by atoms with Crippen molar-refractivity contribution in [3.63, 3.8) is 0 Å². The van der Waals surface area contributed by atoms with E-state index in [-0.39, 0.29) is 21.8 Å². The molecule has 0 saturated carbocycles. The molecule has 1 rings (SSSR count). The van der Waals surface area contributed by atoms with Crippen LogP contribution in [0.1, 0.15) is 37.3 Å². The van der Waals surface area contributed by atoms with E-state index >= 15 is 0 Å². The molecule has 2 N–H and O–H groups in total. The molecule has 0 radical (unpaired) electrons. The number of carboxylic acids is 1. The zero-order valence-electron chi connectivity index (χ0n) is 14.2. The topological polar surface area (TPSA) is 118 Å². The van der Waals surface area contributed by atoms with Crippen LogP contribution >= 0.6 is 0 Å². The molecule has 0 unspecified atom stereocenters. The maximum absolute atomic E-state index is 12.6. The fourth-order valence-corrected chi connectivity index (χ4v) is 5.05. The van der Waals surface area contributed by atoms with Crippen molar-refractivity contribution in [1.82, 2.24) is 4.72 Å². The van der Waals surface area contributed by atoms with Crippen molar-refractivity contribution in [2.24, 2.45) is 0 Å². The summed E-state index contributed by atoms with van der Waals surface area (Å²) in [7, 11) is -7.77. The monoisotopic (exact) mass is 377 g/mol. The summed E-state index contributed by atoms with van der Waals surface area (Å²) in [5, 5.41) is 9.20. The lowest BCUT2D eigenvalue weighted by atomic mass is 10.1. The minimum atomic E-state index is -4.17. The van der Waals surface area contributed by atoms with Crippen molar-refractivity contribution in [1.29, 1.82) is 0 Å². The molecule has 0 aromatic heterocycles. The summed E-state index contributed by atoms with van der Waals surface area (Å²) in [6.07, 6.45) is 2.45. The summed E-state index contributed by atoms with van der Waals surface area (Å²) in [6.45, 7) is 4.85. The highest BCUT2D eigenvalue weighted by Crippen LogP contribution is 2.25. The number of sulfone groups is 1. The van der Waals surface area contributed by atoms with Crippen LogP contribution in [-0.4, -0.2) is 40.2 Å². The first-order valence-electron chi connectivity index (χ1n) is 7.46. The van der Waals surface area contributed by atoms with E-state index in [0.29, 0.717) is 12.0 Å². The average Bonchev–Trinajstić information content (AvgIpc) is 2.43. The van der Waals surface area contributed by atoms with Gasteiger partial charge in [-0.15, -0.1) is 0 Å². The van der Waals surface area contributed by atoms with Crippen LogP contribution in [0.3, 0.4) is 0 Å². The molecule has 0 amide bonds. The third-order valence-electron chi connectivity index (χ3n) is 3.59. The number of carboxylic acid groups (broad SMARTS) is 1. The first-order valence-corrected chi connectivity index (χ1v) is 10.8. The number of hydrogen-bond acceptors (Lipinski definition) is 5. The number of rotatable bonds is 8. The Morgan fingerprint density at radius 1 is 1.17 bits per heavy atom. The summed E-state index contributed by atoms with van der Waals surface area (Å²) in [4.78, 5) is 11.0. The van der Waals surface area contributed by atoms with Crippen LogP contribution in [0.25, 0.3) is 0 Å². The van der Waals surface area contributed by atoms with E-state index in [1.54, 1.807) is 6.92 Å². The fourth-order valence-electron chi connectivity index (χ4n) is 2.35. The molecule has 0 heterocycles. The highest BCUT2D eigenvalue weighted by molar-refractivity contribution is 7.91. The molecule has 1 atom stereocenters. The van der Waals surface area contributed by atoms with Crippen molar-refractivity contribution < 1.29 is 26.7 Å². The van der Waals surface area contributed by atoms with Crippen LogP contribution in [0.2, 0.25) is 0 Å². The molecular formula is C15H23NO6S2. The molecule has 0 spiro atoms. The Kier molecular flexibility index (Phi) is 6.54.